The molecule has 0 amide bonds. The molecule has 3 aliphatic rings. The Kier molecular flexibility index (Phi) is 29.5. The van der Waals surface area contributed by atoms with Crippen molar-refractivity contribution in [2.75, 3.05) is 44.0 Å². The average Bonchev–Trinajstić information content (AvgIpc) is 1.54. The van der Waals surface area contributed by atoms with Crippen LogP contribution in [0.1, 0.15) is 148 Å². The molecule has 97 heavy (non-hydrogen) atoms. The van der Waals surface area contributed by atoms with Crippen LogP contribution in [0.4, 0.5) is 11.6 Å². The van der Waals surface area contributed by atoms with Crippen molar-refractivity contribution in [2.24, 2.45) is 17.8 Å². The fraction of sp³-hybridized carbons (Fsp3) is 0.551. The summed E-state index contributed by atoms with van der Waals surface area (Å²) >= 11 is 6.36. The third-order valence-electron chi connectivity index (χ3n) is 17.7. The molecular weight excluding hydrogens is 1300 g/mol. The Labute approximate surface area is 574 Å². The van der Waals surface area contributed by atoms with Gasteiger partial charge in [0.1, 0.15) is 52.3 Å². The first kappa shape index (κ1) is 77.6. The normalized spacial score (nSPS) is 17.5. The minimum Gasteiger partial charge on any atom is -0.464 e. The van der Waals surface area contributed by atoms with Crippen molar-refractivity contribution in [3.05, 3.63) is 133 Å². The Morgan fingerprint density at radius 3 is 1.24 bits per heavy atom. The maximum absolute atomic E-state index is 15.8. The Morgan fingerprint density at radius 1 is 0.536 bits per heavy atom. The summed E-state index contributed by atoms with van der Waals surface area (Å²) in [6, 6.07) is 29.0. The zero-order valence-electron chi connectivity index (χ0n) is 56.7. The van der Waals surface area contributed by atoms with Crippen LogP contribution in [0.25, 0.3) is 22.3 Å². The molecule has 3 saturated carbocycles. The average molecular weight is 1400 g/mol. The third kappa shape index (κ3) is 24.3. The number of halogens is 1. The molecule has 3 aliphatic carbocycles. The van der Waals surface area contributed by atoms with Crippen molar-refractivity contribution in [1.29, 1.82) is 0 Å². The van der Waals surface area contributed by atoms with E-state index in [2.05, 4.69) is 40.1 Å². The lowest BCUT2D eigenvalue weighted by Crippen LogP contribution is -2.58. The maximum Gasteiger partial charge on any atom is 0.350 e. The molecule has 25 nitrogen and oxygen atoms in total. The number of fused-ring (bicyclic) bond motifs is 2. The largest absolute Gasteiger partial charge is 0.464 e. The zero-order valence-corrected chi connectivity index (χ0v) is 59.3. The third-order valence-corrected chi connectivity index (χ3v) is 20.7. The van der Waals surface area contributed by atoms with Gasteiger partial charge in [-0.3, -0.25) is 23.5 Å². The Bertz CT molecular complexity index is 3580. The highest BCUT2D eigenvalue weighted by atomic mass is 35.5. The summed E-state index contributed by atoms with van der Waals surface area (Å²) in [7, 11) is -8.21. The fourth-order valence-corrected chi connectivity index (χ4v) is 15.8. The number of nitrogens with zero attached hydrogens (tertiary/aromatic N) is 8. The number of carbonyl (C=O) groups excluding carboxylic acids is 3. The van der Waals surface area contributed by atoms with E-state index in [1.807, 2.05) is 97.9 Å². The van der Waals surface area contributed by atoms with E-state index in [0.717, 1.165) is 68.1 Å². The van der Waals surface area contributed by atoms with Gasteiger partial charge in [0.25, 0.3) is 0 Å². The van der Waals surface area contributed by atoms with Gasteiger partial charge >= 0.3 is 25.5 Å². The van der Waals surface area contributed by atoms with Crippen molar-refractivity contribution in [2.45, 2.75) is 191 Å². The van der Waals surface area contributed by atoms with Crippen molar-refractivity contribution in [3.63, 3.8) is 0 Å². The lowest BCUT2D eigenvalue weighted by atomic mass is 9.90. The highest BCUT2D eigenvalue weighted by Gasteiger charge is 2.48. The van der Waals surface area contributed by atoms with Gasteiger partial charge in [-0.25, -0.2) is 40.1 Å². The van der Waals surface area contributed by atoms with Crippen LogP contribution < -0.4 is 27.8 Å². The number of nitrogen functional groups attached to an aromatic ring is 2. The van der Waals surface area contributed by atoms with Crippen molar-refractivity contribution in [1.82, 2.24) is 55.4 Å². The number of esters is 3. The summed E-state index contributed by atoms with van der Waals surface area (Å²) in [5.41, 5.74) is 13.6. The molecule has 7 aromatic rings. The minimum absolute atomic E-state index is 0. The quantitative estimate of drug-likeness (QED) is 0.00991. The maximum atomic E-state index is 15.8. The first-order chi connectivity index (χ1) is 45.9. The monoisotopic (exact) mass is 1400 g/mol. The number of imidazole rings is 2. The van der Waals surface area contributed by atoms with E-state index in [1.54, 1.807) is 43.2 Å². The van der Waals surface area contributed by atoms with Crippen LogP contribution in [0, 0.1) is 17.8 Å². The summed E-state index contributed by atoms with van der Waals surface area (Å²) < 4.78 is 59.1. The van der Waals surface area contributed by atoms with Crippen LogP contribution in [0.3, 0.4) is 0 Å². The standard InChI is InChI=1S/C43H60N7O6P.C17H23ClO2.C9H14N5O4P.H3N/c1-32(26-50-30-47-37-38(44)45-29-46-39(37)50)56-31-57(53,48-42(2,24-33-16-8-4-9-17-33)40(51)54-27-35-20-12-6-13-21-35)49-43(3,25-34-18-10-5-11-19-34)41(52)55-28-36-22-14-7-15-23-36;1-17(18,12-14-8-4-2-5-9-14)16(19)20-13-15-10-6-3-7-11-15;1-6(18-5-19(15,16)17)2-14-4-13-7-8(10)11-3-12-9(7)14;/h4-5,8-11,16-19,29-30,32,35-36H,6-7,12-15,20-28,31H2,1-3H3,(H2,44,45,46)(H2,48,49,53);2,4-5,8-9,15H,3,6-7,10-13H2,1H3;3-4,6H,2,5H2,1H3,(H2,10,11,12)(H2,15,16,17);1H3/t32-,42+,43+;17-;6-;/m101./s1. The summed E-state index contributed by atoms with van der Waals surface area (Å²) in [4.78, 5) is 82.1. The molecule has 10 rings (SSSR count). The number of ether oxygens (including phenoxy) is 5. The predicted molar refractivity (Wildman–Crippen MR) is 375 cm³/mol. The number of anilines is 2. The topological polar surface area (TPSA) is 370 Å². The van der Waals surface area contributed by atoms with Gasteiger partial charge in [0.05, 0.1) is 57.8 Å². The molecule has 5 atom stereocenters. The van der Waals surface area contributed by atoms with Gasteiger partial charge in [-0.2, -0.15) is 0 Å². The molecule has 530 valence electrons. The number of alkyl halides is 1. The van der Waals surface area contributed by atoms with Gasteiger partial charge in [-0.05, 0) is 108 Å². The zero-order chi connectivity index (χ0) is 68.8. The van der Waals surface area contributed by atoms with E-state index in [9.17, 15) is 18.9 Å². The first-order valence-corrected chi connectivity index (χ1v) is 37.6. The number of rotatable bonds is 29. The SMILES string of the molecule is C[C@H](Cn1cnc2c(N)ncnc21)OCP(=O)(N[C@@](C)(Cc1ccccc1)C(=O)OCC1CCCCC1)N[C@@](C)(Cc1ccccc1)C(=O)OCC1CCCCC1.C[C@H](Cn1cnc2c(N)ncnc21)OCP(=O)(O)O.C[C@](Cl)(Cc1ccccc1)C(=O)OCC1CCCCC1.N. The minimum atomic E-state index is -4.16. The van der Waals surface area contributed by atoms with E-state index in [4.69, 9.17) is 56.5 Å². The van der Waals surface area contributed by atoms with Gasteiger partial charge in [-0.15, -0.1) is 11.6 Å². The molecule has 0 bridgehead atoms. The second kappa shape index (κ2) is 36.9. The number of nitrogens with one attached hydrogen (secondary N) is 2. The molecule has 28 heteroatoms. The highest BCUT2D eigenvalue weighted by Crippen LogP contribution is 2.44. The summed E-state index contributed by atoms with van der Waals surface area (Å²) in [6.45, 7) is 10.5. The van der Waals surface area contributed by atoms with Gasteiger partial charge in [0.2, 0.25) is 7.44 Å². The molecule has 3 aromatic carbocycles. The summed E-state index contributed by atoms with van der Waals surface area (Å²) in [6.07, 6.45) is 21.9. The van der Waals surface area contributed by atoms with Gasteiger partial charge in [0, 0.05) is 19.3 Å². The van der Waals surface area contributed by atoms with Crippen LogP contribution >= 0.6 is 26.6 Å². The van der Waals surface area contributed by atoms with Crippen LogP contribution in [-0.4, -0.2) is 127 Å². The van der Waals surface area contributed by atoms with Crippen molar-refractivity contribution in [3.8, 4) is 0 Å². The molecule has 4 heterocycles. The van der Waals surface area contributed by atoms with Crippen LogP contribution in [-0.2, 0) is 79.6 Å². The lowest BCUT2D eigenvalue weighted by molar-refractivity contribution is -0.152. The molecule has 0 aliphatic heterocycles. The smallest absolute Gasteiger partial charge is 0.350 e. The van der Waals surface area contributed by atoms with E-state index in [-0.39, 0.29) is 54.8 Å². The highest BCUT2D eigenvalue weighted by molar-refractivity contribution is 7.59. The van der Waals surface area contributed by atoms with E-state index >= 15 is 4.57 Å². The molecule has 4 aromatic heterocycles. The Hall–Kier alpha value is -6.76. The fourth-order valence-electron chi connectivity index (χ4n) is 12.6. The lowest BCUT2D eigenvalue weighted by Gasteiger charge is -2.39. The molecule has 0 unspecified atom stereocenters. The van der Waals surface area contributed by atoms with E-state index in [1.165, 1.54) is 63.9 Å². The van der Waals surface area contributed by atoms with Crippen LogP contribution in [0.5, 0.6) is 0 Å². The first-order valence-electron chi connectivity index (χ1n) is 33.5. The van der Waals surface area contributed by atoms with Crippen molar-refractivity contribution < 1.29 is 57.0 Å². The molecule has 0 radical (unpaired) electrons. The Morgan fingerprint density at radius 2 is 0.876 bits per heavy atom. The molecular formula is C69H100ClN13O12P2. The summed E-state index contributed by atoms with van der Waals surface area (Å²) in [5.74, 6) is 0.318. The number of aromatic nitrogens is 8. The Balaban J connectivity index is 0.000000268. The van der Waals surface area contributed by atoms with Crippen molar-refractivity contribution >= 4 is 78.5 Å². The van der Waals surface area contributed by atoms with Crippen LogP contribution in [0.2, 0.25) is 0 Å². The molecule has 3 fully saturated rings. The molecule has 0 saturated heterocycles. The number of benzene rings is 3. The predicted octanol–water partition coefficient (Wildman–Crippen LogP) is 11.9. The van der Waals surface area contributed by atoms with Gasteiger partial charge in [-0.1, -0.05) is 149 Å². The number of hydrogen-bond acceptors (Lipinski definition) is 19. The second-order valence-electron chi connectivity index (χ2n) is 26.7. The van der Waals surface area contributed by atoms with E-state index < -0.39 is 61.5 Å². The van der Waals surface area contributed by atoms with Gasteiger partial charge < -0.3 is 60.2 Å². The summed E-state index contributed by atoms with van der Waals surface area (Å²) in [5, 5.41) is 6.55. The number of nitrogens with two attached hydrogens (primary N) is 2. The second-order valence-corrected chi connectivity index (χ2v) is 31.3. The molecule has 0 spiro atoms. The number of hydrogen-bond donors (Lipinski definition) is 7. The van der Waals surface area contributed by atoms with E-state index in [0.29, 0.717) is 67.6 Å². The number of carbonyl (C=O) groups is 3. The molecule has 11 N–H and O–H groups in total. The van der Waals surface area contributed by atoms with Gasteiger partial charge in [0.15, 0.2) is 22.9 Å². The van der Waals surface area contributed by atoms with Crippen LogP contribution in [0.15, 0.2) is 116 Å².